The Balaban J connectivity index is 2.34. The van der Waals surface area contributed by atoms with Crippen molar-refractivity contribution >= 4 is 5.91 Å². The summed E-state index contributed by atoms with van der Waals surface area (Å²) in [5.74, 6) is -0.122. The number of nitrogens with one attached hydrogen (secondary N) is 1. The average molecular weight is 172 g/mol. The minimum atomic E-state index is -0.622. The summed E-state index contributed by atoms with van der Waals surface area (Å²) in [5, 5.41) is 11.5. The SMILES string of the molecule is CC[C@@H](CO)NC(=O)C1(N)CC1. The van der Waals surface area contributed by atoms with Crippen molar-refractivity contribution in [2.75, 3.05) is 6.61 Å². The van der Waals surface area contributed by atoms with Crippen LogP contribution in [0.1, 0.15) is 26.2 Å². The van der Waals surface area contributed by atoms with Crippen LogP contribution in [-0.2, 0) is 4.79 Å². The van der Waals surface area contributed by atoms with Crippen molar-refractivity contribution in [3.8, 4) is 0 Å². The molecule has 4 N–H and O–H groups in total. The molecule has 0 aromatic rings. The lowest BCUT2D eigenvalue weighted by atomic mass is 10.2. The zero-order valence-electron chi connectivity index (χ0n) is 7.34. The summed E-state index contributed by atoms with van der Waals surface area (Å²) in [5.41, 5.74) is 5.03. The molecule has 0 radical (unpaired) electrons. The van der Waals surface area contributed by atoms with E-state index in [1.165, 1.54) is 0 Å². The van der Waals surface area contributed by atoms with E-state index in [9.17, 15) is 4.79 Å². The Labute approximate surface area is 72.1 Å². The smallest absolute Gasteiger partial charge is 0.240 e. The molecule has 1 amide bonds. The molecule has 1 saturated carbocycles. The summed E-state index contributed by atoms with van der Waals surface area (Å²) < 4.78 is 0. The Morgan fingerprint density at radius 3 is 2.67 bits per heavy atom. The highest BCUT2D eigenvalue weighted by Gasteiger charge is 2.46. The van der Waals surface area contributed by atoms with E-state index in [-0.39, 0.29) is 18.6 Å². The van der Waals surface area contributed by atoms with Gasteiger partial charge in [0.2, 0.25) is 5.91 Å². The number of aliphatic hydroxyl groups is 1. The molecule has 0 aromatic heterocycles. The number of amides is 1. The molecule has 0 heterocycles. The second-order valence-electron chi connectivity index (χ2n) is 3.42. The van der Waals surface area contributed by atoms with Crippen LogP contribution in [0, 0.1) is 0 Å². The predicted molar refractivity (Wildman–Crippen MR) is 45.5 cm³/mol. The Kier molecular flexibility index (Phi) is 2.69. The normalized spacial score (nSPS) is 21.6. The third kappa shape index (κ3) is 1.95. The highest BCUT2D eigenvalue weighted by Crippen LogP contribution is 2.32. The van der Waals surface area contributed by atoms with Gasteiger partial charge in [-0.25, -0.2) is 0 Å². The summed E-state index contributed by atoms with van der Waals surface area (Å²) in [6.45, 7) is 1.90. The summed E-state index contributed by atoms with van der Waals surface area (Å²) in [6, 6.07) is -0.140. The highest BCUT2D eigenvalue weighted by molar-refractivity contribution is 5.89. The Bertz CT molecular complexity index is 174. The van der Waals surface area contributed by atoms with Crippen LogP contribution in [0.15, 0.2) is 0 Å². The van der Waals surface area contributed by atoms with Gasteiger partial charge in [-0.2, -0.15) is 0 Å². The molecule has 70 valence electrons. The van der Waals surface area contributed by atoms with Gasteiger partial charge in [0.1, 0.15) is 0 Å². The third-order valence-corrected chi connectivity index (χ3v) is 2.29. The lowest BCUT2D eigenvalue weighted by Crippen LogP contribution is -2.48. The number of nitrogens with two attached hydrogens (primary N) is 1. The predicted octanol–water partition coefficient (Wildman–Crippen LogP) is -0.635. The minimum absolute atomic E-state index is 0.0156. The molecular formula is C8H16N2O2. The molecule has 0 bridgehead atoms. The van der Waals surface area contributed by atoms with Crippen LogP contribution >= 0.6 is 0 Å². The number of hydrogen-bond acceptors (Lipinski definition) is 3. The van der Waals surface area contributed by atoms with E-state index in [0.29, 0.717) is 0 Å². The van der Waals surface area contributed by atoms with Crippen LogP contribution in [0.3, 0.4) is 0 Å². The van der Waals surface area contributed by atoms with Crippen molar-refractivity contribution in [3.05, 3.63) is 0 Å². The topological polar surface area (TPSA) is 75.3 Å². The fourth-order valence-electron chi connectivity index (χ4n) is 0.968. The summed E-state index contributed by atoms with van der Waals surface area (Å²) >= 11 is 0. The van der Waals surface area contributed by atoms with Crippen molar-refractivity contribution < 1.29 is 9.90 Å². The molecule has 1 aliphatic carbocycles. The average Bonchev–Trinajstić information content (AvgIpc) is 2.80. The van der Waals surface area contributed by atoms with Crippen molar-refractivity contribution in [3.63, 3.8) is 0 Å². The van der Waals surface area contributed by atoms with E-state index in [0.717, 1.165) is 19.3 Å². The number of aliphatic hydroxyl groups excluding tert-OH is 1. The van der Waals surface area contributed by atoms with E-state index < -0.39 is 5.54 Å². The van der Waals surface area contributed by atoms with E-state index in [1.54, 1.807) is 0 Å². The van der Waals surface area contributed by atoms with Gasteiger partial charge in [0.25, 0.3) is 0 Å². The van der Waals surface area contributed by atoms with Crippen LogP contribution in [-0.4, -0.2) is 29.2 Å². The van der Waals surface area contributed by atoms with Crippen LogP contribution in [0.2, 0.25) is 0 Å². The van der Waals surface area contributed by atoms with Gasteiger partial charge in [-0.3, -0.25) is 4.79 Å². The lowest BCUT2D eigenvalue weighted by molar-refractivity contribution is -0.124. The van der Waals surface area contributed by atoms with Crippen LogP contribution in [0.25, 0.3) is 0 Å². The first kappa shape index (κ1) is 9.48. The number of hydrogen-bond donors (Lipinski definition) is 3. The fourth-order valence-corrected chi connectivity index (χ4v) is 0.968. The molecule has 0 aliphatic heterocycles. The van der Waals surface area contributed by atoms with Crippen molar-refractivity contribution in [1.29, 1.82) is 0 Å². The Hall–Kier alpha value is -0.610. The molecule has 0 spiro atoms. The largest absolute Gasteiger partial charge is 0.394 e. The van der Waals surface area contributed by atoms with Crippen molar-refractivity contribution in [1.82, 2.24) is 5.32 Å². The molecule has 1 atom stereocenters. The van der Waals surface area contributed by atoms with E-state index >= 15 is 0 Å². The van der Waals surface area contributed by atoms with Gasteiger partial charge in [-0.05, 0) is 19.3 Å². The third-order valence-electron chi connectivity index (χ3n) is 2.29. The maximum absolute atomic E-state index is 11.3. The monoisotopic (exact) mass is 172 g/mol. The van der Waals surface area contributed by atoms with Crippen LogP contribution in [0.4, 0.5) is 0 Å². The second kappa shape index (κ2) is 3.41. The first-order chi connectivity index (χ1) is 5.62. The molecule has 0 unspecified atom stereocenters. The maximum atomic E-state index is 11.3. The standard InChI is InChI=1S/C8H16N2O2/c1-2-6(5-11)10-7(12)8(9)3-4-8/h6,11H,2-5,9H2,1H3,(H,10,12)/t6-/m0/s1. The van der Waals surface area contributed by atoms with Gasteiger partial charge in [0, 0.05) is 0 Å². The molecular weight excluding hydrogens is 156 g/mol. The first-order valence-electron chi connectivity index (χ1n) is 4.33. The molecule has 1 fully saturated rings. The molecule has 1 rings (SSSR count). The second-order valence-corrected chi connectivity index (χ2v) is 3.42. The minimum Gasteiger partial charge on any atom is -0.394 e. The van der Waals surface area contributed by atoms with Gasteiger partial charge in [0.15, 0.2) is 0 Å². The van der Waals surface area contributed by atoms with Crippen molar-refractivity contribution in [2.24, 2.45) is 5.73 Å². The molecule has 4 nitrogen and oxygen atoms in total. The molecule has 4 heteroatoms. The van der Waals surface area contributed by atoms with Gasteiger partial charge < -0.3 is 16.2 Å². The van der Waals surface area contributed by atoms with E-state index in [4.69, 9.17) is 10.8 Å². The summed E-state index contributed by atoms with van der Waals surface area (Å²) in [4.78, 5) is 11.3. The summed E-state index contributed by atoms with van der Waals surface area (Å²) in [7, 11) is 0. The highest BCUT2D eigenvalue weighted by atomic mass is 16.3. The van der Waals surface area contributed by atoms with Crippen LogP contribution < -0.4 is 11.1 Å². The van der Waals surface area contributed by atoms with E-state index in [2.05, 4.69) is 5.32 Å². The van der Waals surface area contributed by atoms with Gasteiger partial charge in [0.05, 0.1) is 18.2 Å². The number of carbonyl (C=O) groups excluding carboxylic acids is 1. The molecule has 12 heavy (non-hydrogen) atoms. The van der Waals surface area contributed by atoms with Gasteiger partial charge in [-0.15, -0.1) is 0 Å². The Morgan fingerprint density at radius 2 is 2.33 bits per heavy atom. The van der Waals surface area contributed by atoms with Crippen LogP contribution in [0.5, 0.6) is 0 Å². The quantitative estimate of drug-likeness (QED) is 0.528. The molecule has 0 aromatic carbocycles. The van der Waals surface area contributed by atoms with Crippen molar-refractivity contribution in [2.45, 2.75) is 37.8 Å². The maximum Gasteiger partial charge on any atom is 0.240 e. The van der Waals surface area contributed by atoms with Gasteiger partial charge in [-0.1, -0.05) is 6.92 Å². The molecule has 1 aliphatic rings. The zero-order chi connectivity index (χ0) is 9.19. The number of carbonyl (C=O) groups is 1. The van der Waals surface area contributed by atoms with E-state index in [1.807, 2.05) is 6.92 Å². The Morgan fingerprint density at radius 1 is 1.75 bits per heavy atom. The number of rotatable bonds is 4. The fraction of sp³-hybridized carbons (Fsp3) is 0.875. The lowest BCUT2D eigenvalue weighted by Gasteiger charge is -2.16. The first-order valence-corrected chi connectivity index (χ1v) is 4.33. The van der Waals surface area contributed by atoms with Gasteiger partial charge >= 0.3 is 0 Å². The zero-order valence-corrected chi connectivity index (χ0v) is 7.34. The molecule has 0 saturated heterocycles. The summed E-state index contributed by atoms with van der Waals surface area (Å²) in [6.07, 6.45) is 2.26.